The molecular formula is C20H16N6O2. The molecule has 0 bridgehead atoms. The number of hydrogen-bond donors (Lipinski definition) is 1. The Bertz CT molecular complexity index is 1280. The molecule has 0 aliphatic carbocycles. The predicted molar refractivity (Wildman–Crippen MR) is 103 cm³/mol. The first-order valence-electron chi connectivity index (χ1n) is 8.71. The van der Waals surface area contributed by atoms with Crippen LogP contribution in [0.5, 0.6) is 11.5 Å². The van der Waals surface area contributed by atoms with Crippen LogP contribution in [-0.2, 0) is 6.61 Å². The van der Waals surface area contributed by atoms with E-state index in [4.69, 9.17) is 9.47 Å². The summed E-state index contributed by atoms with van der Waals surface area (Å²) in [7, 11) is 1.63. The Kier molecular flexibility index (Phi) is 3.86. The molecule has 0 saturated heterocycles. The minimum Gasteiger partial charge on any atom is -0.493 e. The maximum absolute atomic E-state index is 5.92. The largest absolute Gasteiger partial charge is 0.493 e. The van der Waals surface area contributed by atoms with Crippen molar-refractivity contribution in [3.8, 4) is 22.9 Å². The third-order valence-corrected chi connectivity index (χ3v) is 4.44. The number of nitrogens with one attached hydrogen (secondary N) is 1. The lowest BCUT2D eigenvalue weighted by atomic mass is 10.1. The number of rotatable bonds is 5. The maximum atomic E-state index is 5.92. The second kappa shape index (κ2) is 6.66. The van der Waals surface area contributed by atoms with Gasteiger partial charge in [0.2, 0.25) is 0 Å². The van der Waals surface area contributed by atoms with Gasteiger partial charge in [0.15, 0.2) is 28.6 Å². The van der Waals surface area contributed by atoms with Gasteiger partial charge in [-0.25, -0.2) is 14.5 Å². The van der Waals surface area contributed by atoms with Crippen LogP contribution in [0.25, 0.3) is 28.1 Å². The minimum absolute atomic E-state index is 0.412. The zero-order valence-corrected chi connectivity index (χ0v) is 15.0. The maximum Gasteiger partial charge on any atom is 0.182 e. The number of nitrogens with zero attached hydrogens (tertiary/aromatic N) is 5. The molecule has 0 saturated carbocycles. The van der Waals surface area contributed by atoms with Gasteiger partial charge >= 0.3 is 0 Å². The summed E-state index contributed by atoms with van der Waals surface area (Å²) in [6.07, 6.45) is 3.33. The number of ether oxygens (including phenoxy) is 2. The molecule has 3 heterocycles. The fourth-order valence-electron chi connectivity index (χ4n) is 3.06. The van der Waals surface area contributed by atoms with E-state index < -0.39 is 0 Å². The van der Waals surface area contributed by atoms with Gasteiger partial charge in [0.25, 0.3) is 0 Å². The predicted octanol–water partition coefficient (Wildman–Crippen LogP) is 3.26. The number of aromatic nitrogens is 6. The van der Waals surface area contributed by atoms with Crippen LogP contribution < -0.4 is 9.47 Å². The molecular weight excluding hydrogens is 356 g/mol. The van der Waals surface area contributed by atoms with Crippen molar-refractivity contribution < 1.29 is 9.47 Å². The average molecular weight is 372 g/mol. The Labute approximate surface area is 159 Å². The second-order valence-electron chi connectivity index (χ2n) is 6.22. The summed E-state index contributed by atoms with van der Waals surface area (Å²) < 4.78 is 12.9. The number of aromatic amines is 1. The van der Waals surface area contributed by atoms with Crippen LogP contribution in [0.3, 0.4) is 0 Å². The van der Waals surface area contributed by atoms with Gasteiger partial charge in [0.1, 0.15) is 12.9 Å². The smallest absolute Gasteiger partial charge is 0.182 e. The van der Waals surface area contributed by atoms with E-state index in [1.807, 2.05) is 48.5 Å². The molecule has 1 N–H and O–H groups in total. The number of hydrogen-bond acceptors (Lipinski definition) is 6. The molecule has 8 heteroatoms. The summed E-state index contributed by atoms with van der Waals surface area (Å²) in [5.41, 5.74) is 3.31. The third kappa shape index (κ3) is 2.81. The summed E-state index contributed by atoms with van der Waals surface area (Å²) >= 11 is 0. The number of H-pyrrole nitrogens is 1. The SMILES string of the molecule is COc1ccccc1OCc1cccc(-c2nc3c4cn[nH]c4ncn3n2)c1. The van der Waals surface area contributed by atoms with Crippen molar-refractivity contribution in [2.24, 2.45) is 0 Å². The lowest BCUT2D eigenvalue weighted by molar-refractivity contribution is 0.284. The number of methoxy groups -OCH3 is 1. The molecule has 3 aromatic heterocycles. The van der Waals surface area contributed by atoms with Crippen LogP contribution in [0.4, 0.5) is 0 Å². The van der Waals surface area contributed by atoms with E-state index in [-0.39, 0.29) is 0 Å². The van der Waals surface area contributed by atoms with Crippen molar-refractivity contribution in [3.05, 3.63) is 66.6 Å². The van der Waals surface area contributed by atoms with E-state index in [0.29, 0.717) is 35.2 Å². The molecule has 2 aromatic carbocycles. The van der Waals surface area contributed by atoms with E-state index in [9.17, 15) is 0 Å². The van der Waals surface area contributed by atoms with Gasteiger partial charge in [0, 0.05) is 5.56 Å². The molecule has 138 valence electrons. The summed E-state index contributed by atoms with van der Waals surface area (Å²) in [6.45, 7) is 0.412. The first-order valence-corrected chi connectivity index (χ1v) is 8.71. The lowest BCUT2D eigenvalue weighted by Gasteiger charge is -2.10. The average Bonchev–Trinajstić information content (AvgIpc) is 3.39. The molecule has 0 atom stereocenters. The topological polar surface area (TPSA) is 90.2 Å². The molecule has 0 fully saturated rings. The van der Waals surface area contributed by atoms with E-state index in [1.165, 1.54) is 0 Å². The molecule has 28 heavy (non-hydrogen) atoms. The quantitative estimate of drug-likeness (QED) is 0.509. The zero-order chi connectivity index (χ0) is 18.9. The Morgan fingerprint density at radius 1 is 1.07 bits per heavy atom. The Morgan fingerprint density at radius 2 is 1.96 bits per heavy atom. The Balaban J connectivity index is 1.44. The van der Waals surface area contributed by atoms with Gasteiger partial charge in [-0.1, -0.05) is 30.3 Å². The molecule has 5 aromatic rings. The van der Waals surface area contributed by atoms with Gasteiger partial charge < -0.3 is 9.47 Å². The molecule has 0 aliphatic heterocycles. The summed E-state index contributed by atoms with van der Waals surface area (Å²) in [4.78, 5) is 8.94. The Morgan fingerprint density at radius 3 is 2.86 bits per heavy atom. The van der Waals surface area contributed by atoms with Gasteiger partial charge in [-0.05, 0) is 23.8 Å². The lowest BCUT2D eigenvalue weighted by Crippen LogP contribution is -1.98. The van der Waals surface area contributed by atoms with Crippen LogP contribution in [0.1, 0.15) is 5.56 Å². The van der Waals surface area contributed by atoms with Gasteiger partial charge in [0.05, 0.1) is 18.7 Å². The molecule has 0 unspecified atom stereocenters. The standard InChI is InChI=1S/C20H16N6O2/c1-27-16-7-2-3-8-17(16)28-11-13-5-4-6-14(9-13)18-23-20-15-10-22-24-19(15)21-12-26(20)25-18/h2-10,12H,11H2,1H3,(H,22,24). The van der Waals surface area contributed by atoms with Crippen LogP contribution in [-0.4, -0.2) is 36.9 Å². The minimum atomic E-state index is 0.412. The van der Waals surface area contributed by atoms with E-state index in [0.717, 1.165) is 16.5 Å². The second-order valence-corrected chi connectivity index (χ2v) is 6.22. The highest BCUT2D eigenvalue weighted by molar-refractivity contribution is 5.88. The molecule has 0 aliphatic rings. The number of benzene rings is 2. The summed E-state index contributed by atoms with van der Waals surface area (Å²) in [5.74, 6) is 2.03. The van der Waals surface area contributed by atoms with E-state index in [2.05, 4.69) is 25.3 Å². The van der Waals surface area contributed by atoms with Crippen molar-refractivity contribution in [1.82, 2.24) is 29.8 Å². The van der Waals surface area contributed by atoms with Crippen LogP contribution in [0.2, 0.25) is 0 Å². The van der Waals surface area contributed by atoms with Crippen molar-refractivity contribution in [1.29, 1.82) is 0 Å². The highest BCUT2D eigenvalue weighted by Gasteiger charge is 2.12. The molecule has 0 amide bonds. The summed E-state index contributed by atoms with van der Waals surface area (Å²) in [5, 5.41) is 12.2. The van der Waals surface area contributed by atoms with Crippen molar-refractivity contribution in [3.63, 3.8) is 0 Å². The van der Waals surface area contributed by atoms with Gasteiger partial charge in [-0.3, -0.25) is 5.10 Å². The highest BCUT2D eigenvalue weighted by atomic mass is 16.5. The molecule has 0 spiro atoms. The molecule has 0 radical (unpaired) electrons. The van der Waals surface area contributed by atoms with Crippen LogP contribution in [0, 0.1) is 0 Å². The van der Waals surface area contributed by atoms with Gasteiger partial charge in [-0.15, -0.1) is 5.10 Å². The normalized spacial score (nSPS) is 11.2. The van der Waals surface area contributed by atoms with Crippen molar-refractivity contribution >= 4 is 16.7 Å². The highest BCUT2D eigenvalue weighted by Crippen LogP contribution is 2.27. The van der Waals surface area contributed by atoms with E-state index >= 15 is 0 Å². The first kappa shape index (κ1) is 16.2. The number of fused-ring (bicyclic) bond motifs is 3. The third-order valence-electron chi connectivity index (χ3n) is 4.44. The number of para-hydroxylation sites is 2. The van der Waals surface area contributed by atoms with Crippen molar-refractivity contribution in [2.45, 2.75) is 6.61 Å². The van der Waals surface area contributed by atoms with Crippen molar-refractivity contribution in [2.75, 3.05) is 7.11 Å². The monoisotopic (exact) mass is 372 g/mol. The zero-order valence-electron chi connectivity index (χ0n) is 15.0. The van der Waals surface area contributed by atoms with Crippen LogP contribution in [0.15, 0.2) is 61.1 Å². The van der Waals surface area contributed by atoms with Gasteiger partial charge in [-0.2, -0.15) is 5.10 Å². The first-order chi connectivity index (χ1) is 13.8. The Hall–Kier alpha value is -3.94. The fraction of sp³-hybridized carbons (Fsp3) is 0.100. The molecule has 8 nitrogen and oxygen atoms in total. The molecule has 5 rings (SSSR count). The fourth-order valence-corrected chi connectivity index (χ4v) is 3.06. The van der Waals surface area contributed by atoms with Crippen LogP contribution >= 0.6 is 0 Å². The van der Waals surface area contributed by atoms with E-state index in [1.54, 1.807) is 24.1 Å². The summed E-state index contributed by atoms with van der Waals surface area (Å²) in [6, 6.07) is 15.5.